The van der Waals surface area contributed by atoms with Gasteiger partial charge in [0.25, 0.3) is 0 Å². The molecule has 1 N–H and O–H groups in total. The number of nitrogens with zero attached hydrogens (tertiary/aromatic N) is 3. The number of carbonyl (C=O) groups is 1. The molecule has 0 bridgehead atoms. The van der Waals surface area contributed by atoms with E-state index in [1.807, 2.05) is 19.2 Å². The Labute approximate surface area is 101 Å². The number of piperazine rings is 1. The summed E-state index contributed by atoms with van der Waals surface area (Å²) >= 11 is 0. The van der Waals surface area contributed by atoms with Crippen molar-refractivity contribution in [3.8, 4) is 0 Å². The number of hydrogen-bond acceptors (Lipinski definition) is 4. The third-order valence-corrected chi connectivity index (χ3v) is 3.16. The first-order chi connectivity index (χ1) is 8.20. The molecular formula is C12H18N4O. The zero-order valence-electron chi connectivity index (χ0n) is 10.3. The van der Waals surface area contributed by atoms with E-state index in [0.29, 0.717) is 6.54 Å². The van der Waals surface area contributed by atoms with Crippen molar-refractivity contribution in [2.24, 2.45) is 0 Å². The Morgan fingerprint density at radius 2 is 2.47 bits per heavy atom. The normalized spacial score (nSPS) is 21.2. The minimum absolute atomic E-state index is 0.0889. The van der Waals surface area contributed by atoms with Gasteiger partial charge in [-0.2, -0.15) is 0 Å². The zero-order chi connectivity index (χ0) is 12.3. The summed E-state index contributed by atoms with van der Waals surface area (Å²) in [6.07, 6.45) is 3.41. The fourth-order valence-electron chi connectivity index (χ4n) is 1.98. The fourth-order valence-corrected chi connectivity index (χ4v) is 1.98. The highest BCUT2D eigenvalue weighted by atomic mass is 16.2. The highest BCUT2D eigenvalue weighted by molar-refractivity contribution is 5.96. The van der Waals surface area contributed by atoms with Crippen LogP contribution in [0.25, 0.3) is 0 Å². The Balaban J connectivity index is 2.09. The molecule has 1 saturated heterocycles. The third-order valence-electron chi connectivity index (χ3n) is 3.16. The third kappa shape index (κ3) is 2.62. The maximum atomic E-state index is 12.3. The Morgan fingerprint density at radius 1 is 1.65 bits per heavy atom. The summed E-state index contributed by atoms with van der Waals surface area (Å²) in [5.41, 5.74) is 0.830. The second-order valence-electron chi connectivity index (χ2n) is 4.31. The average molecular weight is 234 g/mol. The van der Waals surface area contributed by atoms with Crippen molar-refractivity contribution in [2.75, 3.05) is 38.6 Å². The van der Waals surface area contributed by atoms with E-state index in [-0.39, 0.29) is 11.9 Å². The molecule has 0 aromatic carbocycles. The van der Waals surface area contributed by atoms with Gasteiger partial charge in [-0.05, 0) is 19.2 Å². The molecule has 0 radical (unpaired) electrons. The van der Waals surface area contributed by atoms with Crippen molar-refractivity contribution < 1.29 is 4.79 Å². The lowest BCUT2D eigenvalue weighted by atomic mass is 10.1. The molecule has 1 aromatic heterocycles. The number of rotatable bonds is 2. The molecule has 5 heteroatoms. The molecule has 1 fully saturated rings. The van der Waals surface area contributed by atoms with E-state index in [9.17, 15) is 4.79 Å². The number of anilines is 1. The molecular weight excluding hydrogens is 216 g/mol. The number of likely N-dealkylation sites (N-methyl/N-ethyl adjacent to an activating group) is 2. The van der Waals surface area contributed by atoms with E-state index < -0.39 is 0 Å². The first-order valence-electron chi connectivity index (χ1n) is 5.78. The summed E-state index contributed by atoms with van der Waals surface area (Å²) in [4.78, 5) is 20.1. The smallest absolute Gasteiger partial charge is 0.245 e. The van der Waals surface area contributed by atoms with E-state index in [0.717, 1.165) is 18.8 Å². The Hall–Kier alpha value is -1.46. The summed E-state index contributed by atoms with van der Waals surface area (Å²) in [6, 6.07) is 3.64. The van der Waals surface area contributed by atoms with Crippen LogP contribution in [0.1, 0.15) is 0 Å². The van der Waals surface area contributed by atoms with Crippen LogP contribution < -0.4 is 10.2 Å². The lowest BCUT2D eigenvalue weighted by molar-refractivity contribution is -0.123. The van der Waals surface area contributed by atoms with Crippen molar-refractivity contribution in [3.63, 3.8) is 0 Å². The van der Waals surface area contributed by atoms with Crippen LogP contribution in [0.4, 0.5) is 5.69 Å². The van der Waals surface area contributed by atoms with Crippen molar-refractivity contribution >= 4 is 11.6 Å². The summed E-state index contributed by atoms with van der Waals surface area (Å²) in [6.45, 7) is 2.55. The molecule has 5 nitrogen and oxygen atoms in total. The van der Waals surface area contributed by atoms with Gasteiger partial charge >= 0.3 is 0 Å². The van der Waals surface area contributed by atoms with Crippen LogP contribution in [0.3, 0.4) is 0 Å². The number of hydrogen-bond donors (Lipinski definition) is 1. The number of carbonyl (C=O) groups excluding carboxylic acids is 1. The minimum Gasteiger partial charge on any atom is -0.313 e. The highest BCUT2D eigenvalue weighted by Gasteiger charge is 2.28. The summed E-state index contributed by atoms with van der Waals surface area (Å²) in [7, 11) is 3.78. The minimum atomic E-state index is -0.0889. The van der Waals surface area contributed by atoms with Crippen LogP contribution in [-0.2, 0) is 4.79 Å². The SMILES string of the molecule is CN(C(=O)C1CNCCN1C)c1cccnc1. The Morgan fingerprint density at radius 3 is 3.12 bits per heavy atom. The monoisotopic (exact) mass is 234 g/mol. The molecule has 17 heavy (non-hydrogen) atoms. The molecule has 1 atom stereocenters. The van der Waals surface area contributed by atoms with Crippen LogP contribution >= 0.6 is 0 Å². The van der Waals surface area contributed by atoms with Gasteiger partial charge < -0.3 is 10.2 Å². The summed E-state index contributed by atoms with van der Waals surface area (Å²) in [5, 5.41) is 3.25. The van der Waals surface area contributed by atoms with E-state index >= 15 is 0 Å². The molecule has 1 aliphatic heterocycles. The highest BCUT2D eigenvalue weighted by Crippen LogP contribution is 2.13. The van der Waals surface area contributed by atoms with Crippen LogP contribution in [0, 0.1) is 0 Å². The van der Waals surface area contributed by atoms with Crippen LogP contribution in [-0.4, -0.2) is 55.6 Å². The van der Waals surface area contributed by atoms with Gasteiger partial charge in [-0.15, -0.1) is 0 Å². The van der Waals surface area contributed by atoms with Gasteiger partial charge in [0.2, 0.25) is 5.91 Å². The molecule has 1 amide bonds. The Bertz CT molecular complexity index is 381. The number of nitrogens with one attached hydrogen (secondary N) is 1. The number of aromatic nitrogens is 1. The lowest BCUT2D eigenvalue weighted by Crippen LogP contribution is -2.56. The maximum absolute atomic E-state index is 12.3. The molecule has 0 saturated carbocycles. The topological polar surface area (TPSA) is 48.5 Å². The van der Waals surface area contributed by atoms with Gasteiger partial charge in [0.1, 0.15) is 6.04 Å². The molecule has 0 aliphatic carbocycles. The maximum Gasteiger partial charge on any atom is 0.245 e. The van der Waals surface area contributed by atoms with Crippen molar-refractivity contribution in [3.05, 3.63) is 24.5 Å². The molecule has 0 spiro atoms. The lowest BCUT2D eigenvalue weighted by Gasteiger charge is -2.34. The summed E-state index contributed by atoms with van der Waals surface area (Å²) in [5.74, 6) is 0.104. The largest absolute Gasteiger partial charge is 0.313 e. The number of pyridine rings is 1. The van der Waals surface area contributed by atoms with Crippen LogP contribution in [0.15, 0.2) is 24.5 Å². The molecule has 2 heterocycles. The standard InChI is InChI=1S/C12H18N4O/c1-15-7-6-14-9-11(15)12(17)16(2)10-4-3-5-13-8-10/h3-5,8,11,14H,6-7,9H2,1-2H3. The van der Waals surface area contributed by atoms with Crippen LogP contribution in [0.2, 0.25) is 0 Å². The average Bonchev–Trinajstić information content (AvgIpc) is 2.39. The first kappa shape index (κ1) is 12.0. The summed E-state index contributed by atoms with van der Waals surface area (Å²) < 4.78 is 0. The van der Waals surface area contributed by atoms with E-state index in [1.54, 1.807) is 24.3 Å². The fraction of sp³-hybridized carbons (Fsp3) is 0.500. The molecule has 1 aliphatic rings. The predicted octanol–water partition coefficient (Wildman–Crippen LogP) is -0.0520. The quantitative estimate of drug-likeness (QED) is 0.779. The number of amides is 1. The molecule has 92 valence electrons. The first-order valence-corrected chi connectivity index (χ1v) is 5.78. The molecule has 2 rings (SSSR count). The van der Waals surface area contributed by atoms with E-state index in [4.69, 9.17) is 0 Å². The second-order valence-corrected chi connectivity index (χ2v) is 4.31. The molecule has 1 unspecified atom stereocenters. The van der Waals surface area contributed by atoms with Gasteiger partial charge in [-0.3, -0.25) is 14.7 Å². The van der Waals surface area contributed by atoms with E-state index in [2.05, 4.69) is 15.2 Å². The van der Waals surface area contributed by atoms with Gasteiger partial charge in [0.15, 0.2) is 0 Å². The van der Waals surface area contributed by atoms with Gasteiger partial charge in [0, 0.05) is 32.9 Å². The van der Waals surface area contributed by atoms with Gasteiger partial charge in [-0.1, -0.05) is 0 Å². The Kier molecular flexibility index (Phi) is 3.71. The van der Waals surface area contributed by atoms with E-state index in [1.165, 1.54) is 0 Å². The zero-order valence-corrected chi connectivity index (χ0v) is 10.3. The van der Waals surface area contributed by atoms with Crippen molar-refractivity contribution in [2.45, 2.75) is 6.04 Å². The van der Waals surface area contributed by atoms with Gasteiger partial charge in [0.05, 0.1) is 11.9 Å². The van der Waals surface area contributed by atoms with Gasteiger partial charge in [-0.25, -0.2) is 0 Å². The van der Waals surface area contributed by atoms with Crippen molar-refractivity contribution in [1.29, 1.82) is 0 Å². The van der Waals surface area contributed by atoms with Crippen molar-refractivity contribution in [1.82, 2.24) is 15.2 Å². The predicted molar refractivity (Wildman–Crippen MR) is 66.9 cm³/mol. The molecule has 1 aromatic rings. The second kappa shape index (κ2) is 5.25. The van der Waals surface area contributed by atoms with Crippen LogP contribution in [0.5, 0.6) is 0 Å².